The van der Waals surface area contributed by atoms with Crippen LogP contribution in [0.2, 0.25) is 0 Å². The minimum absolute atomic E-state index is 0.0286. The topological polar surface area (TPSA) is 60.2 Å². The third-order valence-corrected chi connectivity index (χ3v) is 3.34. The molecule has 96 valence electrons. The molecule has 0 saturated heterocycles. The summed E-state index contributed by atoms with van der Waals surface area (Å²) in [6, 6.07) is 12.9. The van der Waals surface area contributed by atoms with Gasteiger partial charge in [-0.3, -0.25) is 9.36 Å². The Morgan fingerprint density at radius 2 is 1.79 bits per heavy atom. The highest BCUT2D eigenvalue weighted by molar-refractivity contribution is 7.34. The Balaban J connectivity index is 2.23. The normalized spacial score (nSPS) is 10.6. The zero-order valence-corrected chi connectivity index (χ0v) is 11.5. The summed E-state index contributed by atoms with van der Waals surface area (Å²) < 4.78 is 10.9. The summed E-state index contributed by atoms with van der Waals surface area (Å²) in [7, 11) is -0.0286. The molecule has 19 heavy (non-hydrogen) atoms. The van der Waals surface area contributed by atoms with Gasteiger partial charge >= 0.3 is 0 Å². The SMILES string of the molecule is CC(=O)c1ccc(Cc2cc(N)cc(P=O)c2)cc1. The molecule has 0 unspecified atom stereocenters. The number of carbonyl (C=O) groups is 1. The van der Waals surface area contributed by atoms with Gasteiger partial charge in [-0.05, 0) is 42.7 Å². The van der Waals surface area contributed by atoms with Crippen LogP contribution in [0.4, 0.5) is 5.69 Å². The minimum Gasteiger partial charge on any atom is -0.399 e. The molecule has 4 heteroatoms. The molecule has 0 spiro atoms. The number of hydrogen-bond donors (Lipinski definition) is 1. The molecular weight excluding hydrogens is 257 g/mol. The van der Waals surface area contributed by atoms with Gasteiger partial charge in [0.15, 0.2) is 14.2 Å². The van der Waals surface area contributed by atoms with Gasteiger partial charge in [0.2, 0.25) is 0 Å². The number of benzene rings is 2. The van der Waals surface area contributed by atoms with E-state index in [0.717, 1.165) is 11.1 Å². The molecule has 2 aromatic rings. The van der Waals surface area contributed by atoms with Crippen molar-refractivity contribution in [2.24, 2.45) is 0 Å². The quantitative estimate of drug-likeness (QED) is 0.528. The fourth-order valence-corrected chi connectivity index (χ4v) is 2.37. The summed E-state index contributed by atoms with van der Waals surface area (Å²) in [5, 5.41) is 0.676. The molecule has 0 aliphatic heterocycles. The molecule has 0 aliphatic rings. The smallest absolute Gasteiger partial charge is 0.192 e. The van der Waals surface area contributed by atoms with Crippen molar-refractivity contribution in [3.63, 3.8) is 0 Å². The van der Waals surface area contributed by atoms with Crippen molar-refractivity contribution in [2.75, 3.05) is 5.73 Å². The van der Waals surface area contributed by atoms with Gasteiger partial charge in [-0.2, -0.15) is 0 Å². The van der Waals surface area contributed by atoms with Gasteiger partial charge in [0.05, 0.1) is 0 Å². The molecule has 0 bridgehead atoms. The van der Waals surface area contributed by atoms with Crippen molar-refractivity contribution >= 4 is 25.2 Å². The zero-order chi connectivity index (χ0) is 13.8. The van der Waals surface area contributed by atoms with Crippen LogP contribution in [0.1, 0.15) is 28.4 Å². The van der Waals surface area contributed by atoms with E-state index in [1.807, 2.05) is 36.4 Å². The molecule has 0 heterocycles. The lowest BCUT2D eigenvalue weighted by molar-refractivity contribution is 0.101. The van der Waals surface area contributed by atoms with Crippen molar-refractivity contribution in [1.29, 1.82) is 0 Å². The summed E-state index contributed by atoms with van der Waals surface area (Å²) in [5.74, 6) is 0.0583. The second-order valence-electron chi connectivity index (χ2n) is 4.45. The lowest BCUT2D eigenvalue weighted by atomic mass is 10.0. The summed E-state index contributed by atoms with van der Waals surface area (Å²) in [5.41, 5.74) is 9.17. The van der Waals surface area contributed by atoms with E-state index in [0.29, 0.717) is 23.0 Å². The van der Waals surface area contributed by atoms with Crippen LogP contribution in [0.25, 0.3) is 0 Å². The minimum atomic E-state index is -0.0286. The van der Waals surface area contributed by atoms with Gasteiger partial charge in [-0.15, -0.1) is 0 Å². The number of nitrogen functional groups attached to an aromatic ring is 1. The van der Waals surface area contributed by atoms with E-state index in [1.165, 1.54) is 0 Å². The second-order valence-corrected chi connectivity index (χ2v) is 5.15. The number of ketones is 1. The molecule has 2 N–H and O–H groups in total. The van der Waals surface area contributed by atoms with Crippen molar-refractivity contribution < 1.29 is 9.36 Å². The fraction of sp³-hybridized carbons (Fsp3) is 0.133. The molecule has 2 rings (SSSR count). The highest BCUT2D eigenvalue weighted by Gasteiger charge is 2.03. The monoisotopic (exact) mass is 271 g/mol. The van der Waals surface area contributed by atoms with Crippen molar-refractivity contribution in [2.45, 2.75) is 13.3 Å². The summed E-state index contributed by atoms with van der Waals surface area (Å²) in [6.07, 6.45) is 0.700. The Hall–Kier alpha value is -1.99. The average molecular weight is 271 g/mol. The number of anilines is 1. The highest BCUT2D eigenvalue weighted by Crippen LogP contribution is 2.14. The van der Waals surface area contributed by atoms with Crippen LogP contribution in [0, 0.1) is 0 Å². The van der Waals surface area contributed by atoms with Crippen LogP contribution in [0.15, 0.2) is 42.5 Å². The average Bonchev–Trinajstić information content (AvgIpc) is 2.38. The maximum Gasteiger partial charge on any atom is 0.192 e. The molecule has 0 saturated carbocycles. The Bertz CT molecular complexity index is 621. The van der Waals surface area contributed by atoms with Gasteiger partial charge < -0.3 is 5.73 Å². The summed E-state index contributed by atoms with van der Waals surface area (Å²) in [6.45, 7) is 1.55. The zero-order valence-electron chi connectivity index (χ0n) is 10.6. The van der Waals surface area contributed by atoms with Gasteiger partial charge in [0.1, 0.15) is 0 Å². The standard InChI is InChI=1S/C15H14NO2P/c1-10(17)13-4-2-11(3-5-13)6-12-7-14(16)9-15(8-12)19-18/h2-5,7-9H,6,16H2,1H3. The first-order valence-electron chi connectivity index (χ1n) is 5.91. The van der Waals surface area contributed by atoms with E-state index in [1.54, 1.807) is 13.0 Å². The van der Waals surface area contributed by atoms with E-state index < -0.39 is 0 Å². The van der Waals surface area contributed by atoms with Gasteiger partial charge in [-0.1, -0.05) is 24.3 Å². The van der Waals surface area contributed by atoms with Gasteiger partial charge in [-0.25, -0.2) is 0 Å². The third kappa shape index (κ3) is 3.49. The molecular formula is C15H14NO2P. The molecule has 0 fully saturated rings. The number of carbonyl (C=O) groups excluding carboxylic acids is 1. The Morgan fingerprint density at radius 1 is 1.11 bits per heavy atom. The molecule has 0 amide bonds. The van der Waals surface area contributed by atoms with Crippen molar-refractivity contribution in [1.82, 2.24) is 0 Å². The lowest BCUT2D eigenvalue weighted by Gasteiger charge is -2.05. The van der Waals surface area contributed by atoms with Crippen LogP contribution < -0.4 is 11.0 Å². The van der Waals surface area contributed by atoms with E-state index in [-0.39, 0.29) is 14.2 Å². The largest absolute Gasteiger partial charge is 0.399 e. The number of hydrogen-bond acceptors (Lipinski definition) is 3. The maximum atomic E-state index is 11.2. The first kappa shape index (κ1) is 13.4. The summed E-state index contributed by atoms with van der Waals surface area (Å²) >= 11 is 0. The number of rotatable bonds is 4. The number of nitrogens with two attached hydrogens (primary N) is 1. The molecule has 0 atom stereocenters. The van der Waals surface area contributed by atoms with E-state index in [4.69, 9.17) is 5.73 Å². The van der Waals surface area contributed by atoms with E-state index >= 15 is 0 Å². The highest BCUT2D eigenvalue weighted by atomic mass is 31.1. The Morgan fingerprint density at radius 3 is 2.37 bits per heavy atom. The van der Waals surface area contributed by atoms with Gasteiger partial charge in [0.25, 0.3) is 0 Å². The maximum absolute atomic E-state index is 11.2. The Labute approximate surface area is 113 Å². The molecule has 0 aromatic heterocycles. The predicted molar refractivity (Wildman–Crippen MR) is 77.3 cm³/mol. The first-order chi connectivity index (χ1) is 9.08. The van der Waals surface area contributed by atoms with Crippen LogP contribution in [-0.2, 0) is 11.0 Å². The van der Waals surface area contributed by atoms with Crippen LogP contribution >= 0.6 is 8.46 Å². The van der Waals surface area contributed by atoms with Gasteiger partial charge in [0, 0.05) is 16.6 Å². The number of Topliss-reactive ketones (excluding diaryl/α,β-unsaturated/α-hetero) is 1. The predicted octanol–water partition coefficient (Wildman–Crippen LogP) is 2.98. The van der Waals surface area contributed by atoms with Crippen LogP contribution in [-0.4, -0.2) is 5.78 Å². The fourth-order valence-electron chi connectivity index (χ4n) is 1.95. The van der Waals surface area contributed by atoms with Crippen molar-refractivity contribution in [3.05, 3.63) is 59.2 Å². The molecule has 0 aliphatic carbocycles. The molecule has 2 aromatic carbocycles. The first-order valence-corrected chi connectivity index (χ1v) is 6.72. The van der Waals surface area contributed by atoms with E-state index in [9.17, 15) is 9.36 Å². The van der Waals surface area contributed by atoms with Crippen LogP contribution in [0.5, 0.6) is 0 Å². The van der Waals surface area contributed by atoms with Crippen molar-refractivity contribution in [3.8, 4) is 0 Å². The Kier molecular flexibility index (Phi) is 4.08. The summed E-state index contributed by atoms with van der Waals surface area (Å²) in [4.78, 5) is 11.2. The second kappa shape index (κ2) is 5.77. The van der Waals surface area contributed by atoms with Crippen LogP contribution in [0.3, 0.4) is 0 Å². The molecule has 3 nitrogen and oxygen atoms in total. The van der Waals surface area contributed by atoms with E-state index in [2.05, 4.69) is 0 Å². The third-order valence-electron chi connectivity index (χ3n) is 2.87. The molecule has 0 radical (unpaired) electrons. The lowest BCUT2D eigenvalue weighted by Crippen LogP contribution is -2.00.